The molecule has 6 nitrogen and oxygen atoms in total. The summed E-state index contributed by atoms with van der Waals surface area (Å²) in [5.41, 5.74) is 11.8. The quantitative estimate of drug-likeness (QED) is 0.405. The number of hydrogen-bond donors (Lipinski definition) is 1. The molecule has 2 aliphatic carbocycles. The highest BCUT2D eigenvalue weighted by Crippen LogP contribution is 2.43. The number of fused-ring (bicyclic) bond motifs is 3. The van der Waals surface area contributed by atoms with E-state index in [0.29, 0.717) is 11.7 Å². The molecule has 3 aromatic rings. The van der Waals surface area contributed by atoms with Crippen LogP contribution in [0.2, 0.25) is 0 Å². The second kappa shape index (κ2) is 9.53. The fourth-order valence-electron chi connectivity index (χ4n) is 5.63. The summed E-state index contributed by atoms with van der Waals surface area (Å²) >= 11 is 0. The van der Waals surface area contributed by atoms with Gasteiger partial charge in [0, 0.05) is 17.6 Å². The molecule has 6 heteroatoms. The van der Waals surface area contributed by atoms with Gasteiger partial charge in [-0.3, -0.25) is 4.79 Å². The number of nitrogens with zero attached hydrogens (tertiary/aromatic N) is 1. The van der Waals surface area contributed by atoms with Crippen LogP contribution in [0.4, 0.5) is 0 Å². The maximum absolute atomic E-state index is 12.6. The van der Waals surface area contributed by atoms with Gasteiger partial charge in [0.2, 0.25) is 5.91 Å². The van der Waals surface area contributed by atoms with Gasteiger partial charge in [0.25, 0.3) is 0 Å². The van der Waals surface area contributed by atoms with E-state index >= 15 is 0 Å². The molecule has 1 heterocycles. The van der Waals surface area contributed by atoms with Crippen LogP contribution in [0.5, 0.6) is 5.75 Å². The Hall–Kier alpha value is -3.28. The number of rotatable bonds is 7. The van der Waals surface area contributed by atoms with E-state index in [9.17, 15) is 9.59 Å². The molecule has 0 saturated heterocycles. The molecule has 1 aromatic heterocycles. The lowest BCUT2D eigenvalue weighted by Crippen LogP contribution is -2.22. The van der Waals surface area contributed by atoms with Gasteiger partial charge < -0.3 is 19.8 Å². The van der Waals surface area contributed by atoms with Crippen molar-refractivity contribution < 1.29 is 19.1 Å². The van der Waals surface area contributed by atoms with Crippen molar-refractivity contribution in [2.24, 2.45) is 5.73 Å². The van der Waals surface area contributed by atoms with Crippen LogP contribution in [-0.2, 0) is 27.3 Å². The average Bonchev–Trinajstić information content (AvgIpc) is 2.95. The van der Waals surface area contributed by atoms with Gasteiger partial charge in [0.15, 0.2) is 6.61 Å². The molecular formula is C28H32N2O4. The molecule has 1 unspecified atom stereocenters. The number of carbonyl (C=O) groups is 2. The van der Waals surface area contributed by atoms with Crippen LogP contribution in [-0.4, -0.2) is 30.2 Å². The first-order valence-electron chi connectivity index (χ1n) is 12.3. The van der Waals surface area contributed by atoms with Crippen molar-refractivity contribution in [3.05, 3.63) is 64.8 Å². The van der Waals surface area contributed by atoms with E-state index in [1.165, 1.54) is 37.5 Å². The monoisotopic (exact) mass is 460 g/mol. The summed E-state index contributed by atoms with van der Waals surface area (Å²) in [6.07, 6.45) is 7.36. The van der Waals surface area contributed by atoms with Gasteiger partial charge in [-0.2, -0.15) is 0 Å². The van der Waals surface area contributed by atoms with Crippen molar-refractivity contribution >= 4 is 22.8 Å². The summed E-state index contributed by atoms with van der Waals surface area (Å²) in [4.78, 5) is 24.4. The third kappa shape index (κ3) is 4.06. The van der Waals surface area contributed by atoms with Gasteiger partial charge in [-0.15, -0.1) is 0 Å². The Labute approximate surface area is 200 Å². The zero-order valence-corrected chi connectivity index (χ0v) is 19.7. The fourth-order valence-corrected chi connectivity index (χ4v) is 5.63. The molecule has 1 saturated carbocycles. The van der Waals surface area contributed by atoms with E-state index in [1.54, 1.807) is 0 Å². The first-order valence-corrected chi connectivity index (χ1v) is 12.3. The highest BCUT2D eigenvalue weighted by molar-refractivity contribution is 5.97. The Balaban J connectivity index is 1.67. The lowest BCUT2D eigenvalue weighted by molar-refractivity contribution is -0.142. The zero-order valence-electron chi connectivity index (χ0n) is 19.7. The molecule has 2 aliphatic rings. The third-order valence-corrected chi connectivity index (χ3v) is 7.55. The maximum atomic E-state index is 12.6. The fraction of sp³-hybridized carbons (Fsp3) is 0.429. The zero-order chi connectivity index (χ0) is 23.7. The third-order valence-electron chi connectivity index (χ3n) is 7.55. The van der Waals surface area contributed by atoms with Crippen molar-refractivity contribution in [2.75, 3.05) is 13.7 Å². The average molecular weight is 461 g/mol. The highest BCUT2D eigenvalue weighted by Gasteiger charge is 2.32. The SMILES string of the molecule is COC(=O)COc1cccc2c1c1c(n2Cc2ccccc2C2CCC2)CCCCC1C(N)=O. The van der Waals surface area contributed by atoms with E-state index in [4.69, 9.17) is 15.2 Å². The van der Waals surface area contributed by atoms with Crippen LogP contribution in [0.1, 0.15) is 72.7 Å². The lowest BCUT2D eigenvalue weighted by atomic mass is 9.78. The predicted octanol–water partition coefficient (Wildman–Crippen LogP) is 4.80. The van der Waals surface area contributed by atoms with Crippen molar-refractivity contribution in [3.63, 3.8) is 0 Å². The smallest absolute Gasteiger partial charge is 0.343 e. The van der Waals surface area contributed by atoms with Crippen molar-refractivity contribution in [3.8, 4) is 5.75 Å². The molecule has 0 spiro atoms. The molecule has 1 atom stereocenters. The van der Waals surface area contributed by atoms with Gasteiger partial charge in [-0.25, -0.2) is 4.79 Å². The van der Waals surface area contributed by atoms with E-state index in [0.717, 1.165) is 54.4 Å². The number of nitrogens with two attached hydrogens (primary N) is 1. The van der Waals surface area contributed by atoms with Crippen LogP contribution in [0.3, 0.4) is 0 Å². The molecule has 178 valence electrons. The Kier molecular flexibility index (Phi) is 6.31. The Morgan fingerprint density at radius 1 is 1.03 bits per heavy atom. The molecule has 2 N–H and O–H groups in total. The molecule has 0 aliphatic heterocycles. The Bertz CT molecular complexity index is 1220. The maximum Gasteiger partial charge on any atom is 0.343 e. The number of benzene rings is 2. The van der Waals surface area contributed by atoms with Crippen LogP contribution in [0.15, 0.2) is 42.5 Å². The van der Waals surface area contributed by atoms with E-state index in [2.05, 4.69) is 34.9 Å². The van der Waals surface area contributed by atoms with Crippen LogP contribution < -0.4 is 10.5 Å². The first-order chi connectivity index (χ1) is 16.6. The predicted molar refractivity (Wildman–Crippen MR) is 131 cm³/mol. The first kappa shape index (κ1) is 22.5. The number of aromatic nitrogens is 1. The van der Waals surface area contributed by atoms with Gasteiger partial charge in [-0.1, -0.05) is 43.2 Å². The molecule has 1 fully saturated rings. The van der Waals surface area contributed by atoms with Crippen LogP contribution in [0.25, 0.3) is 10.9 Å². The summed E-state index contributed by atoms with van der Waals surface area (Å²) in [7, 11) is 1.34. The molecule has 0 bridgehead atoms. The number of primary amides is 1. The van der Waals surface area contributed by atoms with E-state index in [-0.39, 0.29) is 18.4 Å². The number of carbonyl (C=O) groups excluding carboxylic acids is 2. The normalized spacial score (nSPS) is 18.1. The molecule has 34 heavy (non-hydrogen) atoms. The number of amides is 1. The topological polar surface area (TPSA) is 83.6 Å². The molecule has 1 amide bonds. The standard InChI is InChI=1S/C28H32N2O4/c1-33-25(31)17-34-24-15-7-14-23-27(24)26-21(28(29)32)12-4-5-13-22(26)30(23)16-19-8-2-3-11-20(19)18-9-6-10-18/h2-3,7-8,11,14-15,18,21H,4-6,9-10,12-13,16-17H2,1H3,(H2,29,32). The minimum Gasteiger partial charge on any atom is -0.481 e. The lowest BCUT2D eigenvalue weighted by Gasteiger charge is -2.28. The minimum atomic E-state index is -0.441. The summed E-state index contributed by atoms with van der Waals surface area (Å²) < 4.78 is 13.0. The van der Waals surface area contributed by atoms with Crippen molar-refractivity contribution in [1.29, 1.82) is 0 Å². The highest BCUT2D eigenvalue weighted by atomic mass is 16.6. The second-order valence-electron chi connectivity index (χ2n) is 9.49. The molecule has 0 radical (unpaired) electrons. The van der Waals surface area contributed by atoms with Crippen molar-refractivity contribution in [1.82, 2.24) is 4.57 Å². The van der Waals surface area contributed by atoms with Crippen molar-refractivity contribution in [2.45, 2.75) is 63.3 Å². The minimum absolute atomic E-state index is 0.179. The summed E-state index contributed by atoms with van der Waals surface area (Å²) in [6.45, 7) is 0.561. The summed E-state index contributed by atoms with van der Waals surface area (Å²) in [6, 6.07) is 14.6. The number of esters is 1. The second-order valence-corrected chi connectivity index (χ2v) is 9.49. The number of methoxy groups -OCH3 is 1. The summed E-state index contributed by atoms with van der Waals surface area (Å²) in [5, 5.41) is 0.897. The van der Waals surface area contributed by atoms with Gasteiger partial charge in [0.05, 0.1) is 18.5 Å². The Morgan fingerprint density at radius 3 is 2.59 bits per heavy atom. The van der Waals surface area contributed by atoms with Crippen LogP contribution in [0, 0.1) is 0 Å². The largest absolute Gasteiger partial charge is 0.481 e. The molecule has 5 rings (SSSR count). The van der Waals surface area contributed by atoms with E-state index < -0.39 is 5.97 Å². The van der Waals surface area contributed by atoms with Crippen LogP contribution >= 0.6 is 0 Å². The Morgan fingerprint density at radius 2 is 1.85 bits per heavy atom. The molecule has 2 aromatic carbocycles. The van der Waals surface area contributed by atoms with Gasteiger partial charge >= 0.3 is 5.97 Å². The number of ether oxygens (including phenoxy) is 2. The molecular weight excluding hydrogens is 428 g/mol. The summed E-state index contributed by atoms with van der Waals surface area (Å²) in [5.74, 6) is 0.113. The van der Waals surface area contributed by atoms with E-state index in [1.807, 2.05) is 12.1 Å². The van der Waals surface area contributed by atoms with Gasteiger partial charge in [-0.05, 0) is 66.8 Å². The number of hydrogen-bond acceptors (Lipinski definition) is 4. The van der Waals surface area contributed by atoms with Gasteiger partial charge in [0.1, 0.15) is 5.75 Å².